The van der Waals surface area contributed by atoms with Crippen molar-refractivity contribution < 1.29 is 9.47 Å². The van der Waals surface area contributed by atoms with Gasteiger partial charge < -0.3 is 9.47 Å². The molecule has 0 spiro atoms. The first kappa shape index (κ1) is 15.4. The van der Waals surface area contributed by atoms with E-state index in [2.05, 4.69) is 36.7 Å². The predicted molar refractivity (Wildman–Crippen MR) is 80.0 cm³/mol. The fourth-order valence-corrected chi connectivity index (χ4v) is 2.77. The lowest BCUT2D eigenvalue weighted by Crippen LogP contribution is -2.27. The van der Waals surface area contributed by atoms with E-state index in [1.165, 1.54) is 5.56 Å². The molecule has 0 amide bonds. The lowest BCUT2D eigenvalue weighted by atomic mass is 9.83. The maximum atomic E-state index is 5.91. The Morgan fingerprint density at radius 3 is 2.39 bits per heavy atom. The topological polar surface area (TPSA) is 18.5 Å². The third-order valence-corrected chi connectivity index (χ3v) is 3.95. The number of alkyl halides is 1. The van der Waals surface area contributed by atoms with Crippen molar-refractivity contribution in [2.75, 3.05) is 19.0 Å². The Labute approximate surface area is 119 Å². The van der Waals surface area contributed by atoms with Crippen LogP contribution in [-0.4, -0.2) is 19.0 Å². The average Bonchev–Trinajstić information content (AvgIpc) is 2.29. The number of hydrogen-bond donors (Lipinski definition) is 0. The Morgan fingerprint density at radius 2 is 1.89 bits per heavy atom. The molecule has 0 N–H and O–H groups in total. The minimum atomic E-state index is 0.224. The number of halogens is 1. The summed E-state index contributed by atoms with van der Waals surface area (Å²) in [6, 6.07) is 6.01. The summed E-state index contributed by atoms with van der Waals surface area (Å²) in [6.45, 7) is 9.43. The Morgan fingerprint density at radius 1 is 1.22 bits per heavy atom. The van der Waals surface area contributed by atoms with Crippen molar-refractivity contribution in [2.45, 2.75) is 27.7 Å². The molecule has 1 aromatic rings. The molecule has 0 saturated carbocycles. The first-order chi connectivity index (χ1) is 8.38. The van der Waals surface area contributed by atoms with Gasteiger partial charge in [-0.2, -0.15) is 0 Å². The second-order valence-corrected chi connectivity index (χ2v) is 6.33. The van der Waals surface area contributed by atoms with Crippen LogP contribution in [-0.2, 0) is 0 Å². The number of rotatable bonds is 5. The minimum absolute atomic E-state index is 0.224. The second-order valence-electron chi connectivity index (χ2n) is 5.68. The van der Waals surface area contributed by atoms with Crippen molar-refractivity contribution in [1.82, 2.24) is 0 Å². The zero-order valence-corrected chi connectivity index (χ0v) is 13.5. The summed E-state index contributed by atoms with van der Waals surface area (Å²) in [5.74, 6) is 2.08. The number of benzene rings is 1. The molecule has 0 saturated heterocycles. The van der Waals surface area contributed by atoms with E-state index in [0.717, 1.165) is 16.8 Å². The van der Waals surface area contributed by atoms with Gasteiger partial charge in [0.15, 0.2) is 11.5 Å². The molecule has 0 bridgehead atoms. The molecule has 3 heteroatoms. The van der Waals surface area contributed by atoms with Gasteiger partial charge in [0.1, 0.15) is 0 Å². The van der Waals surface area contributed by atoms with Gasteiger partial charge in [-0.3, -0.25) is 0 Å². The molecule has 0 fully saturated rings. The Bertz CT molecular complexity index is 383. The van der Waals surface area contributed by atoms with Crippen LogP contribution in [0.5, 0.6) is 11.5 Å². The van der Waals surface area contributed by atoms with Crippen molar-refractivity contribution in [1.29, 1.82) is 0 Å². The molecule has 2 nitrogen and oxygen atoms in total. The summed E-state index contributed by atoms with van der Waals surface area (Å²) in [5, 5.41) is 0.935. The Balaban J connectivity index is 2.73. The fraction of sp³-hybridized carbons (Fsp3) is 0.600. The van der Waals surface area contributed by atoms with E-state index in [-0.39, 0.29) is 5.41 Å². The van der Waals surface area contributed by atoms with Crippen LogP contribution >= 0.6 is 15.9 Å². The van der Waals surface area contributed by atoms with Crippen LogP contribution in [0, 0.1) is 18.3 Å². The van der Waals surface area contributed by atoms with Gasteiger partial charge >= 0.3 is 0 Å². The van der Waals surface area contributed by atoms with Crippen molar-refractivity contribution >= 4 is 15.9 Å². The zero-order chi connectivity index (χ0) is 13.8. The van der Waals surface area contributed by atoms with Gasteiger partial charge in [-0.05, 0) is 30.0 Å². The largest absolute Gasteiger partial charge is 0.493 e. The second kappa shape index (κ2) is 6.46. The van der Waals surface area contributed by atoms with Gasteiger partial charge in [-0.15, -0.1) is 0 Å². The van der Waals surface area contributed by atoms with E-state index < -0.39 is 0 Å². The van der Waals surface area contributed by atoms with Gasteiger partial charge in [0.2, 0.25) is 0 Å². The van der Waals surface area contributed by atoms with Crippen LogP contribution < -0.4 is 9.47 Å². The normalized spacial score (nSPS) is 13.2. The summed E-state index contributed by atoms with van der Waals surface area (Å²) in [7, 11) is 1.67. The van der Waals surface area contributed by atoms with Crippen molar-refractivity contribution in [3.05, 3.63) is 23.8 Å². The molecular weight excluding hydrogens is 292 g/mol. The highest BCUT2D eigenvalue weighted by Crippen LogP contribution is 2.31. The van der Waals surface area contributed by atoms with E-state index in [9.17, 15) is 0 Å². The summed E-state index contributed by atoms with van der Waals surface area (Å²) in [5.41, 5.74) is 1.40. The molecule has 1 rings (SSSR count). The smallest absolute Gasteiger partial charge is 0.161 e. The van der Waals surface area contributed by atoms with E-state index >= 15 is 0 Å². The molecule has 1 unspecified atom stereocenters. The summed E-state index contributed by atoms with van der Waals surface area (Å²) in [6.07, 6.45) is 0. The standard InChI is InChI=1S/C15H23BrO2/c1-11-6-7-13(14(8-11)17-5)18-10-12(9-16)15(2,3)4/h6-8,12H,9-10H2,1-5H3. The quantitative estimate of drug-likeness (QED) is 0.748. The highest BCUT2D eigenvalue weighted by atomic mass is 79.9. The predicted octanol–water partition coefficient (Wildman–Crippen LogP) is 4.44. The van der Waals surface area contributed by atoms with Gasteiger partial charge in [-0.25, -0.2) is 0 Å². The first-order valence-electron chi connectivity index (χ1n) is 6.22. The molecule has 0 radical (unpaired) electrons. The number of ether oxygens (including phenoxy) is 2. The SMILES string of the molecule is COc1cc(C)ccc1OCC(CBr)C(C)(C)C. The molecule has 1 atom stereocenters. The fourth-order valence-electron chi connectivity index (χ4n) is 1.61. The van der Waals surface area contributed by atoms with Crippen LogP contribution in [0.1, 0.15) is 26.3 Å². The Hall–Kier alpha value is -0.700. The van der Waals surface area contributed by atoms with Gasteiger partial charge in [0.05, 0.1) is 13.7 Å². The maximum absolute atomic E-state index is 5.91. The van der Waals surface area contributed by atoms with Crippen LogP contribution in [0.15, 0.2) is 18.2 Å². The molecule has 0 aliphatic heterocycles. The van der Waals surface area contributed by atoms with Crippen LogP contribution in [0.2, 0.25) is 0 Å². The Kier molecular flexibility index (Phi) is 5.51. The first-order valence-corrected chi connectivity index (χ1v) is 7.34. The molecule has 102 valence electrons. The summed E-state index contributed by atoms with van der Waals surface area (Å²) in [4.78, 5) is 0. The molecule has 0 aliphatic rings. The van der Waals surface area contributed by atoms with Gasteiger partial charge in [-0.1, -0.05) is 42.8 Å². The highest BCUT2D eigenvalue weighted by Gasteiger charge is 2.24. The van der Waals surface area contributed by atoms with Crippen LogP contribution in [0.3, 0.4) is 0 Å². The minimum Gasteiger partial charge on any atom is -0.493 e. The maximum Gasteiger partial charge on any atom is 0.161 e. The van der Waals surface area contributed by atoms with Crippen molar-refractivity contribution in [3.8, 4) is 11.5 Å². The lowest BCUT2D eigenvalue weighted by molar-refractivity contribution is 0.162. The third kappa shape index (κ3) is 4.20. The third-order valence-electron chi connectivity index (χ3n) is 3.17. The van der Waals surface area contributed by atoms with E-state index in [0.29, 0.717) is 12.5 Å². The highest BCUT2D eigenvalue weighted by molar-refractivity contribution is 9.09. The summed E-state index contributed by atoms with van der Waals surface area (Å²) < 4.78 is 11.2. The average molecular weight is 315 g/mol. The summed E-state index contributed by atoms with van der Waals surface area (Å²) >= 11 is 3.56. The lowest BCUT2D eigenvalue weighted by Gasteiger charge is -2.29. The molecule has 1 aromatic carbocycles. The monoisotopic (exact) mass is 314 g/mol. The van der Waals surface area contributed by atoms with Gasteiger partial charge in [0.25, 0.3) is 0 Å². The number of methoxy groups -OCH3 is 1. The van der Waals surface area contributed by atoms with E-state index in [1.807, 2.05) is 25.1 Å². The molecule has 18 heavy (non-hydrogen) atoms. The zero-order valence-electron chi connectivity index (χ0n) is 11.9. The molecule has 0 heterocycles. The van der Waals surface area contributed by atoms with E-state index in [4.69, 9.17) is 9.47 Å². The van der Waals surface area contributed by atoms with Crippen molar-refractivity contribution in [2.24, 2.45) is 11.3 Å². The molecule has 0 aliphatic carbocycles. The van der Waals surface area contributed by atoms with Crippen LogP contribution in [0.25, 0.3) is 0 Å². The molecular formula is C15H23BrO2. The van der Waals surface area contributed by atoms with Crippen molar-refractivity contribution in [3.63, 3.8) is 0 Å². The number of hydrogen-bond acceptors (Lipinski definition) is 2. The molecule has 0 aromatic heterocycles. The van der Waals surface area contributed by atoms with E-state index in [1.54, 1.807) is 7.11 Å². The van der Waals surface area contributed by atoms with Gasteiger partial charge in [0, 0.05) is 11.2 Å². The number of aryl methyl sites for hydroxylation is 1. The van der Waals surface area contributed by atoms with Crippen LogP contribution in [0.4, 0.5) is 0 Å².